The van der Waals surface area contributed by atoms with Gasteiger partial charge in [0.2, 0.25) is 0 Å². The van der Waals surface area contributed by atoms with Crippen molar-refractivity contribution in [2.45, 2.75) is 324 Å². The third kappa shape index (κ3) is 49.8. The second-order valence-corrected chi connectivity index (χ2v) is 21.1. The van der Waals surface area contributed by atoms with Crippen molar-refractivity contribution in [3.8, 4) is 0 Å². The van der Waals surface area contributed by atoms with Gasteiger partial charge in [-0.05, 0) is 37.0 Å². The van der Waals surface area contributed by atoms with Crippen LogP contribution in [0.4, 0.5) is 0 Å². The highest BCUT2D eigenvalue weighted by Crippen LogP contribution is 2.19. The largest absolute Gasteiger partial charge is 0.462 e. The molecule has 0 aliphatic heterocycles. The van der Waals surface area contributed by atoms with Gasteiger partial charge in [0.15, 0.2) is 6.10 Å². The van der Waals surface area contributed by atoms with Crippen LogP contribution in [-0.2, 0) is 28.6 Å². The lowest BCUT2D eigenvalue weighted by molar-refractivity contribution is -0.167. The monoisotopic (exact) mass is 905 g/mol. The summed E-state index contributed by atoms with van der Waals surface area (Å²) in [6.45, 7) is 13.8. The van der Waals surface area contributed by atoms with Gasteiger partial charge in [-0.15, -0.1) is 0 Å². The summed E-state index contributed by atoms with van der Waals surface area (Å²) in [5, 5.41) is 0. The molecule has 6 heteroatoms. The van der Waals surface area contributed by atoms with Crippen LogP contribution < -0.4 is 0 Å². The summed E-state index contributed by atoms with van der Waals surface area (Å²) in [7, 11) is 0. The van der Waals surface area contributed by atoms with E-state index in [1.54, 1.807) is 0 Å². The summed E-state index contributed by atoms with van der Waals surface area (Å²) in [6.07, 6.45) is 50.9. The minimum Gasteiger partial charge on any atom is -0.462 e. The normalized spacial score (nSPS) is 12.6. The average Bonchev–Trinajstić information content (AvgIpc) is 3.27. The topological polar surface area (TPSA) is 78.9 Å². The highest BCUT2D eigenvalue weighted by atomic mass is 16.6. The van der Waals surface area contributed by atoms with Gasteiger partial charge in [0, 0.05) is 19.3 Å². The summed E-state index contributed by atoms with van der Waals surface area (Å²) in [4.78, 5) is 38.1. The highest BCUT2D eigenvalue weighted by molar-refractivity contribution is 5.71. The molecule has 0 aromatic rings. The van der Waals surface area contributed by atoms with E-state index in [9.17, 15) is 14.4 Å². The zero-order valence-electron chi connectivity index (χ0n) is 44.1. The van der Waals surface area contributed by atoms with Crippen molar-refractivity contribution in [2.24, 2.45) is 17.8 Å². The van der Waals surface area contributed by atoms with E-state index in [-0.39, 0.29) is 31.1 Å². The van der Waals surface area contributed by atoms with Gasteiger partial charge in [-0.1, -0.05) is 279 Å². The number of hydrogen-bond donors (Lipinski definition) is 0. The van der Waals surface area contributed by atoms with Gasteiger partial charge in [0.1, 0.15) is 13.2 Å². The Morgan fingerprint density at radius 3 is 0.812 bits per heavy atom. The van der Waals surface area contributed by atoms with Crippen LogP contribution in [-0.4, -0.2) is 37.2 Å². The smallest absolute Gasteiger partial charge is 0.306 e. The molecule has 0 saturated heterocycles. The van der Waals surface area contributed by atoms with E-state index in [1.165, 1.54) is 199 Å². The van der Waals surface area contributed by atoms with Crippen LogP contribution in [0, 0.1) is 17.8 Å². The van der Waals surface area contributed by atoms with Crippen LogP contribution in [0.5, 0.6) is 0 Å². The van der Waals surface area contributed by atoms with Crippen LogP contribution in [0.3, 0.4) is 0 Å². The molecule has 1 unspecified atom stereocenters. The van der Waals surface area contributed by atoms with Gasteiger partial charge in [-0.2, -0.15) is 0 Å². The van der Waals surface area contributed by atoms with E-state index in [2.05, 4.69) is 41.5 Å². The Hall–Kier alpha value is -1.59. The molecule has 380 valence electrons. The van der Waals surface area contributed by atoms with Crippen molar-refractivity contribution in [3.05, 3.63) is 0 Å². The Kier molecular flexibility index (Phi) is 48.1. The first-order valence-electron chi connectivity index (χ1n) is 28.6. The lowest BCUT2D eigenvalue weighted by Gasteiger charge is -2.18. The van der Waals surface area contributed by atoms with E-state index in [0.717, 1.165) is 75.5 Å². The maximum absolute atomic E-state index is 12.8. The minimum atomic E-state index is -0.764. The summed E-state index contributed by atoms with van der Waals surface area (Å²) in [6, 6.07) is 0. The maximum atomic E-state index is 12.8. The highest BCUT2D eigenvalue weighted by Gasteiger charge is 2.19. The third-order valence-electron chi connectivity index (χ3n) is 13.5. The molecule has 0 N–H and O–H groups in total. The number of carbonyl (C=O) groups excluding carboxylic acids is 3. The molecule has 2 atom stereocenters. The Morgan fingerprint density at radius 1 is 0.312 bits per heavy atom. The Balaban J connectivity index is 4.27. The zero-order chi connectivity index (χ0) is 47.0. The van der Waals surface area contributed by atoms with Gasteiger partial charge in [0.05, 0.1) is 0 Å². The van der Waals surface area contributed by atoms with Crippen LogP contribution in [0.25, 0.3) is 0 Å². The fourth-order valence-corrected chi connectivity index (χ4v) is 8.79. The second kappa shape index (κ2) is 49.3. The molecule has 0 radical (unpaired) electrons. The fraction of sp³-hybridized carbons (Fsp3) is 0.948. The van der Waals surface area contributed by atoms with Crippen LogP contribution >= 0.6 is 0 Å². The molecule has 0 spiro atoms. The molecule has 0 aliphatic rings. The first kappa shape index (κ1) is 62.4. The molecule has 0 fully saturated rings. The minimum absolute atomic E-state index is 0.0640. The molecule has 0 bridgehead atoms. The molecular formula is C58H112O6. The average molecular weight is 906 g/mol. The Morgan fingerprint density at radius 2 is 0.547 bits per heavy atom. The van der Waals surface area contributed by atoms with Crippen molar-refractivity contribution in [2.75, 3.05) is 13.2 Å². The predicted octanol–water partition coefficient (Wildman–Crippen LogP) is 18.7. The van der Waals surface area contributed by atoms with Crippen molar-refractivity contribution in [1.82, 2.24) is 0 Å². The molecule has 0 rings (SSSR count). The molecule has 0 aromatic carbocycles. The van der Waals surface area contributed by atoms with Gasteiger partial charge in [0.25, 0.3) is 0 Å². The van der Waals surface area contributed by atoms with Crippen molar-refractivity contribution in [1.29, 1.82) is 0 Å². The van der Waals surface area contributed by atoms with E-state index in [1.807, 2.05) is 0 Å². The first-order valence-corrected chi connectivity index (χ1v) is 28.6. The summed E-state index contributed by atoms with van der Waals surface area (Å²) in [5.41, 5.74) is 0. The molecular weight excluding hydrogens is 793 g/mol. The predicted molar refractivity (Wildman–Crippen MR) is 275 cm³/mol. The number of esters is 3. The number of hydrogen-bond acceptors (Lipinski definition) is 6. The summed E-state index contributed by atoms with van der Waals surface area (Å²) >= 11 is 0. The molecule has 64 heavy (non-hydrogen) atoms. The quantitative estimate of drug-likeness (QED) is 0.0344. The Labute approximate surface area is 399 Å². The third-order valence-corrected chi connectivity index (χ3v) is 13.5. The van der Waals surface area contributed by atoms with E-state index in [0.29, 0.717) is 19.3 Å². The van der Waals surface area contributed by atoms with Crippen molar-refractivity contribution < 1.29 is 28.6 Å². The molecule has 0 aromatic heterocycles. The first-order chi connectivity index (χ1) is 31.1. The van der Waals surface area contributed by atoms with E-state index >= 15 is 0 Å². The lowest BCUT2D eigenvalue weighted by Crippen LogP contribution is -2.30. The maximum Gasteiger partial charge on any atom is 0.306 e. The molecule has 0 heterocycles. The van der Waals surface area contributed by atoms with Gasteiger partial charge >= 0.3 is 17.9 Å². The second-order valence-electron chi connectivity index (χ2n) is 21.1. The SMILES string of the molecule is CCC(C)CCCCCCCCCCC(=O)O[C@@H](COC(=O)CCCCCCCCCCCCCCCCCCC(C)C)COC(=O)CCCCCCCCCCCCCCC(C)C. The van der Waals surface area contributed by atoms with Crippen molar-refractivity contribution >= 4 is 17.9 Å². The van der Waals surface area contributed by atoms with Crippen LogP contribution in [0.2, 0.25) is 0 Å². The van der Waals surface area contributed by atoms with Gasteiger partial charge in [-0.3, -0.25) is 14.4 Å². The Bertz CT molecular complexity index is 993. The molecule has 0 amide bonds. The number of ether oxygens (including phenoxy) is 3. The van der Waals surface area contributed by atoms with Gasteiger partial charge in [-0.25, -0.2) is 0 Å². The van der Waals surface area contributed by atoms with Crippen LogP contribution in [0.1, 0.15) is 318 Å². The molecule has 0 aliphatic carbocycles. The van der Waals surface area contributed by atoms with Crippen LogP contribution in [0.15, 0.2) is 0 Å². The van der Waals surface area contributed by atoms with Gasteiger partial charge < -0.3 is 14.2 Å². The number of unbranched alkanes of at least 4 members (excludes halogenated alkanes) is 33. The van der Waals surface area contributed by atoms with E-state index < -0.39 is 6.10 Å². The zero-order valence-corrected chi connectivity index (χ0v) is 44.1. The lowest BCUT2D eigenvalue weighted by atomic mass is 9.99. The fourth-order valence-electron chi connectivity index (χ4n) is 8.79. The van der Waals surface area contributed by atoms with Crippen molar-refractivity contribution in [3.63, 3.8) is 0 Å². The molecule has 0 saturated carbocycles. The summed E-state index contributed by atoms with van der Waals surface area (Å²) < 4.78 is 16.9. The molecule has 6 nitrogen and oxygen atoms in total. The van der Waals surface area contributed by atoms with E-state index in [4.69, 9.17) is 14.2 Å². The number of carbonyl (C=O) groups is 3. The summed E-state index contributed by atoms with van der Waals surface area (Å²) in [5.74, 6) is 1.68. The number of rotatable bonds is 51. The standard InChI is InChI=1S/C58H112O6/c1-7-54(6)46-40-34-28-24-25-31-37-43-49-58(61)64-55(51-63-57(60)48-42-36-30-23-19-15-14-17-21-27-33-39-45-53(4)5)50-62-56(59)47-41-35-29-22-18-13-11-9-8-10-12-16-20-26-32-38-44-52(2)3/h52-55H,7-51H2,1-6H3/t54?,55-/m0/s1.